The SMILES string of the molecule is CCNC(C)c1cccnc1N(C)Cc1ccc(C)o1. The average molecular weight is 273 g/mol. The number of hydrogen-bond acceptors (Lipinski definition) is 4. The summed E-state index contributed by atoms with van der Waals surface area (Å²) in [7, 11) is 2.04. The summed E-state index contributed by atoms with van der Waals surface area (Å²) in [4.78, 5) is 6.66. The molecule has 1 N–H and O–H groups in total. The number of aromatic nitrogens is 1. The summed E-state index contributed by atoms with van der Waals surface area (Å²) < 4.78 is 5.64. The molecular formula is C16H23N3O. The lowest BCUT2D eigenvalue weighted by Gasteiger charge is -2.23. The fraction of sp³-hybridized carbons (Fsp3) is 0.438. The molecular weight excluding hydrogens is 250 g/mol. The summed E-state index contributed by atoms with van der Waals surface area (Å²) in [6.07, 6.45) is 1.83. The molecule has 2 aromatic rings. The Bertz CT molecular complexity index is 550. The van der Waals surface area contributed by atoms with E-state index in [2.05, 4.69) is 35.1 Å². The van der Waals surface area contributed by atoms with Crippen molar-refractivity contribution >= 4 is 5.82 Å². The van der Waals surface area contributed by atoms with Crippen LogP contribution >= 0.6 is 0 Å². The van der Waals surface area contributed by atoms with E-state index in [1.165, 1.54) is 5.56 Å². The van der Waals surface area contributed by atoms with Gasteiger partial charge in [0.1, 0.15) is 17.3 Å². The topological polar surface area (TPSA) is 41.3 Å². The van der Waals surface area contributed by atoms with Gasteiger partial charge in [-0.3, -0.25) is 0 Å². The Morgan fingerprint density at radius 3 is 2.80 bits per heavy atom. The van der Waals surface area contributed by atoms with Gasteiger partial charge in [0.25, 0.3) is 0 Å². The second-order valence-electron chi connectivity index (χ2n) is 5.06. The van der Waals surface area contributed by atoms with Crippen LogP contribution in [0.15, 0.2) is 34.9 Å². The van der Waals surface area contributed by atoms with E-state index in [1.807, 2.05) is 38.4 Å². The number of hydrogen-bond donors (Lipinski definition) is 1. The Hall–Kier alpha value is -1.81. The Kier molecular flexibility index (Phi) is 4.79. The minimum atomic E-state index is 0.282. The van der Waals surface area contributed by atoms with Crippen LogP contribution in [-0.4, -0.2) is 18.6 Å². The van der Waals surface area contributed by atoms with Crippen LogP contribution in [0.25, 0.3) is 0 Å². The Balaban J connectivity index is 2.18. The summed E-state index contributed by atoms with van der Waals surface area (Å²) in [5.74, 6) is 2.89. The first kappa shape index (κ1) is 14.6. The van der Waals surface area contributed by atoms with Crippen LogP contribution in [0, 0.1) is 6.92 Å². The third kappa shape index (κ3) is 3.39. The molecule has 0 spiro atoms. The zero-order chi connectivity index (χ0) is 14.5. The van der Waals surface area contributed by atoms with Gasteiger partial charge in [-0.25, -0.2) is 4.98 Å². The molecule has 4 nitrogen and oxygen atoms in total. The maximum atomic E-state index is 5.64. The first-order chi connectivity index (χ1) is 9.61. The van der Waals surface area contributed by atoms with Crippen LogP contribution in [0.1, 0.15) is 37.0 Å². The Labute approximate surface area is 120 Å². The van der Waals surface area contributed by atoms with Gasteiger partial charge < -0.3 is 14.6 Å². The first-order valence-corrected chi connectivity index (χ1v) is 7.06. The molecule has 1 unspecified atom stereocenters. The molecule has 2 aromatic heterocycles. The molecule has 4 heteroatoms. The van der Waals surface area contributed by atoms with Crippen molar-refractivity contribution in [2.24, 2.45) is 0 Å². The molecule has 0 bridgehead atoms. The fourth-order valence-corrected chi connectivity index (χ4v) is 2.36. The second-order valence-corrected chi connectivity index (χ2v) is 5.06. The molecule has 0 amide bonds. The second kappa shape index (κ2) is 6.57. The molecule has 20 heavy (non-hydrogen) atoms. The van der Waals surface area contributed by atoms with Crippen molar-refractivity contribution in [2.75, 3.05) is 18.5 Å². The predicted octanol–water partition coefficient (Wildman–Crippen LogP) is 3.29. The van der Waals surface area contributed by atoms with Crippen molar-refractivity contribution in [3.8, 4) is 0 Å². The third-order valence-electron chi connectivity index (χ3n) is 3.34. The minimum absolute atomic E-state index is 0.282. The Morgan fingerprint density at radius 1 is 1.35 bits per heavy atom. The lowest BCUT2D eigenvalue weighted by molar-refractivity contribution is 0.480. The normalized spacial score (nSPS) is 12.4. The van der Waals surface area contributed by atoms with Gasteiger partial charge in [0.2, 0.25) is 0 Å². The van der Waals surface area contributed by atoms with Crippen LogP contribution in [0.3, 0.4) is 0 Å². The van der Waals surface area contributed by atoms with Crippen molar-refractivity contribution in [3.63, 3.8) is 0 Å². The van der Waals surface area contributed by atoms with Gasteiger partial charge in [-0.1, -0.05) is 13.0 Å². The number of furan rings is 1. The third-order valence-corrected chi connectivity index (χ3v) is 3.34. The van der Waals surface area contributed by atoms with Crippen LogP contribution in [-0.2, 0) is 6.54 Å². The van der Waals surface area contributed by atoms with E-state index in [0.29, 0.717) is 0 Å². The molecule has 0 fully saturated rings. The molecule has 0 aliphatic carbocycles. The highest BCUT2D eigenvalue weighted by molar-refractivity contribution is 5.47. The lowest BCUT2D eigenvalue weighted by atomic mass is 10.1. The number of rotatable bonds is 6. The highest BCUT2D eigenvalue weighted by atomic mass is 16.3. The van der Waals surface area contributed by atoms with Gasteiger partial charge in [-0.15, -0.1) is 0 Å². The highest BCUT2D eigenvalue weighted by Gasteiger charge is 2.14. The standard InChI is InChI=1S/C16H23N3O/c1-5-17-13(3)15-7-6-10-18-16(15)19(4)11-14-9-8-12(2)20-14/h6-10,13,17H,5,11H2,1-4H3. The molecule has 0 saturated heterocycles. The number of anilines is 1. The van der Waals surface area contributed by atoms with Crippen molar-refractivity contribution in [2.45, 2.75) is 33.4 Å². The monoisotopic (exact) mass is 273 g/mol. The van der Waals surface area contributed by atoms with E-state index in [9.17, 15) is 0 Å². The average Bonchev–Trinajstić information content (AvgIpc) is 2.84. The van der Waals surface area contributed by atoms with Crippen LogP contribution in [0.4, 0.5) is 5.82 Å². The smallest absolute Gasteiger partial charge is 0.133 e. The van der Waals surface area contributed by atoms with Crippen molar-refractivity contribution in [1.82, 2.24) is 10.3 Å². The molecule has 0 aliphatic heterocycles. The number of nitrogens with one attached hydrogen (secondary N) is 1. The molecule has 0 radical (unpaired) electrons. The summed E-state index contributed by atoms with van der Waals surface area (Å²) in [6, 6.07) is 8.40. The molecule has 2 heterocycles. The van der Waals surface area contributed by atoms with E-state index in [0.717, 1.165) is 30.4 Å². The summed E-state index contributed by atoms with van der Waals surface area (Å²) in [6.45, 7) is 7.90. The predicted molar refractivity (Wildman–Crippen MR) is 81.9 cm³/mol. The number of aryl methyl sites for hydroxylation is 1. The molecule has 0 aromatic carbocycles. The maximum Gasteiger partial charge on any atom is 0.133 e. The van der Waals surface area contributed by atoms with Gasteiger partial charge in [0.05, 0.1) is 6.54 Å². The molecule has 0 saturated carbocycles. The van der Waals surface area contributed by atoms with E-state index in [-0.39, 0.29) is 6.04 Å². The molecule has 108 valence electrons. The van der Waals surface area contributed by atoms with Gasteiger partial charge in [0, 0.05) is 24.8 Å². The van der Waals surface area contributed by atoms with Crippen molar-refractivity contribution in [1.29, 1.82) is 0 Å². The zero-order valence-electron chi connectivity index (χ0n) is 12.7. The lowest BCUT2D eigenvalue weighted by Crippen LogP contribution is -2.24. The van der Waals surface area contributed by atoms with E-state index in [4.69, 9.17) is 4.42 Å². The van der Waals surface area contributed by atoms with Gasteiger partial charge >= 0.3 is 0 Å². The maximum absolute atomic E-state index is 5.64. The first-order valence-electron chi connectivity index (χ1n) is 7.06. The van der Waals surface area contributed by atoms with E-state index < -0.39 is 0 Å². The summed E-state index contributed by atoms with van der Waals surface area (Å²) in [5, 5.41) is 3.43. The molecule has 1 atom stereocenters. The van der Waals surface area contributed by atoms with Crippen LogP contribution in [0.2, 0.25) is 0 Å². The largest absolute Gasteiger partial charge is 0.464 e. The van der Waals surface area contributed by atoms with Crippen LogP contribution < -0.4 is 10.2 Å². The van der Waals surface area contributed by atoms with E-state index >= 15 is 0 Å². The minimum Gasteiger partial charge on any atom is -0.464 e. The zero-order valence-corrected chi connectivity index (χ0v) is 12.7. The van der Waals surface area contributed by atoms with Gasteiger partial charge in [-0.2, -0.15) is 0 Å². The molecule has 0 aliphatic rings. The fourth-order valence-electron chi connectivity index (χ4n) is 2.36. The summed E-state index contributed by atoms with van der Waals surface area (Å²) >= 11 is 0. The van der Waals surface area contributed by atoms with E-state index in [1.54, 1.807) is 0 Å². The Morgan fingerprint density at radius 2 is 2.15 bits per heavy atom. The quantitative estimate of drug-likeness (QED) is 0.877. The number of pyridine rings is 1. The van der Waals surface area contributed by atoms with Crippen LogP contribution in [0.5, 0.6) is 0 Å². The van der Waals surface area contributed by atoms with Crippen molar-refractivity contribution < 1.29 is 4.42 Å². The molecule has 2 rings (SSSR count). The summed E-state index contributed by atoms with van der Waals surface area (Å²) in [5.41, 5.74) is 1.21. The highest BCUT2D eigenvalue weighted by Crippen LogP contribution is 2.24. The van der Waals surface area contributed by atoms with Crippen molar-refractivity contribution in [3.05, 3.63) is 47.5 Å². The van der Waals surface area contributed by atoms with Gasteiger partial charge in [-0.05, 0) is 38.6 Å². The number of nitrogens with zero attached hydrogens (tertiary/aromatic N) is 2. The van der Waals surface area contributed by atoms with Gasteiger partial charge in [0.15, 0.2) is 0 Å².